The molecule has 0 aromatic heterocycles. The number of piperidine rings is 1. The molecule has 2 fully saturated rings. The number of carbonyl (C=O) groups excluding carboxylic acids is 1. The lowest BCUT2D eigenvalue weighted by atomic mass is 9.71. The molecule has 6 heteroatoms. The number of ether oxygens (including phenoxy) is 1. The van der Waals surface area contributed by atoms with Crippen LogP contribution in [-0.4, -0.2) is 18.9 Å². The summed E-state index contributed by atoms with van der Waals surface area (Å²) in [7, 11) is 0. The van der Waals surface area contributed by atoms with Crippen LogP contribution < -0.4 is 5.32 Å². The maximum atomic E-state index is 13.2. The third-order valence-electron chi connectivity index (χ3n) is 7.22. The van der Waals surface area contributed by atoms with Gasteiger partial charge in [-0.05, 0) is 68.3 Å². The first-order valence-corrected chi connectivity index (χ1v) is 11.9. The first-order chi connectivity index (χ1) is 15.8. The number of nitrogens with one attached hydrogen (secondary N) is 1. The van der Waals surface area contributed by atoms with Gasteiger partial charge < -0.3 is 10.1 Å². The zero-order chi connectivity index (χ0) is 23.5. The van der Waals surface area contributed by atoms with Crippen LogP contribution in [0, 0.1) is 18.8 Å². The Balaban J connectivity index is 1.46. The number of benzene rings is 2. The molecule has 1 aliphatic heterocycles. The minimum atomic E-state index is -4.37. The molecule has 2 aromatic carbocycles. The standard InChI is InChI=1S/C27H32F3NO2/c1-19-13-20(15-23(14-19)27(28,29)30)17-33-18-26(22-7-3-2-4-8-22)12-11-21(16-31-26)24-9-5-6-10-25(24)32/h2-4,7-8,13-15,21,24,31H,5-6,9-12,16-18H2,1H3/t21-,24?,26+/m0/s1. The predicted molar refractivity (Wildman–Crippen MR) is 122 cm³/mol. The van der Waals surface area contributed by atoms with Gasteiger partial charge in [0.25, 0.3) is 0 Å². The first-order valence-electron chi connectivity index (χ1n) is 11.9. The van der Waals surface area contributed by atoms with Gasteiger partial charge in [-0.3, -0.25) is 4.79 Å². The van der Waals surface area contributed by atoms with Gasteiger partial charge in [-0.25, -0.2) is 0 Å². The molecular weight excluding hydrogens is 427 g/mol. The highest BCUT2D eigenvalue weighted by Crippen LogP contribution is 2.38. The fourth-order valence-corrected chi connectivity index (χ4v) is 5.46. The summed E-state index contributed by atoms with van der Waals surface area (Å²) in [5.74, 6) is 0.881. The summed E-state index contributed by atoms with van der Waals surface area (Å²) >= 11 is 0. The van der Waals surface area contributed by atoms with Crippen molar-refractivity contribution in [3.63, 3.8) is 0 Å². The normalized spacial score (nSPS) is 26.4. The molecule has 1 saturated heterocycles. The first kappa shape index (κ1) is 24.0. The summed E-state index contributed by atoms with van der Waals surface area (Å²) < 4.78 is 45.6. The van der Waals surface area contributed by atoms with Gasteiger partial charge in [0.05, 0.1) is 24.3 Å². The van der Waals surface area contributed by atoms with E-state index >= 15 is 0 Å². The maximum absolute atomic E-state index is 13.2. The lowest BCUT2D eigenvalue weighted by Gasteiger charge is -2.44. The van der Waals surface area contributed by atoms with Gasteiger partial charge in [-0.1, -0.05) is 48.4 Å². The zero-order valence-electron chi connectivity index (χ0n) is 19.1. The Morgan fingerprint density at radius 1 is 1.09 bits per heavy atom. The summed E-state index contributed by atoms with van der Waals surface area (Å²) in [5, 5.41) is 3.69. The number of Topliss-reactive ketones (excluding diaryl/α,β-unsaturated/α-hetero) is 1. The minimum Gasteiger partial charge on any atom is -0.374 e. The maximum Gasteiger partial charge on any atom is 0.416 e. The van der Waals surface area contributed by atoms with E-state index in [2.05, 4.69) is 17.4 Å². The molecule has 1 heterocycles. The van der Waals surface area contributed by atoms with Crippen LogP contribution in [-0.2, 0) is 27.9 Å². The van der Waals surface area contributed by atoms with E-state index in [-0.39, 0.29) is 12.5 Å². The van der Waals surface area contributed by atoms with Crippen LogP contribution in [0.3, 0.4) is 0 Å². The van der Waals surface area contributed by atoms with Crippen LogP contribution in [0.15, 0.2) is 48.5 Å². The Morgan fingerprint density at radius 2 is 1.88 bits per heavy atom. The van der Waals surface area contributed by atoms with Gasteiger partial charge in [0.2, 0.25) is 0 Å². The van der Waals surface area contributed by atoms with E-state index in [1.165, 1.54) is 6.07 Å². The zero-order valence-corrected chi connectivity index (χ0v) is 19.1. The predicted octanol–water partition coefficient (Wildman–Crippen LogP) is 6.18. The fourth-order valence-electron chi connectivity index (χ4n) is 5.46. The molecule has 1 aliphatic carbocycles. The fraction of sp³-hybridized carbons (Fsp3) is 0.519. The number of aryl methyl sites for hydroxylation is 1. The Bertz CT molecular complexity index is 950. The quantitative estimate of drug-likeness (QED) is 0.560. The summed E-state index contributed by atoms with van der Waals surface area (Å²) in [6.45, 7) is 2.89. The Labute approximate surface area is 193 Å². The average molecular weight is 460 g/mol. The molecule has 178 valence electrons. The monoisotopic (exact) mass is 459 g/mol. The van der Waals surface area contributed by atoms with E-state index < -0.39 is 17.3 Å². The number of ketones is 1. The Kier molecular flexibility index (Phi) is 7.25. The van der Waals surface area contributed by atoms with Crippen molar-refractivity contribution in [3.05, 3.63) is 70.8 Å². The van der Waals surface area contributed by atoms with E-state index in [9.17, 15) is 18.0 Å². The van der Waals surface area contributed by atoms with Gasteiger partial charge in [0, 0.05) is 12.3 Å². The SMILES string of the molecule is Cc1cc(COC[C@@]2(c3ccccc3)CC[C@H](C3CCCCC3=O)CN2)cc(C(F)(F)F)c1. The second-order valence-electron chi connectivity index (χ2n) is 9.64. The highest BCUT2D eigenvalue weighted by molar-refractivity contribution is 5.82. The van der Waals surface area contributed by atoms with E-state index in [1.807, 2.05) is 18.2 Å². The summed E-state index contributed by atoms with van der Waals surface area (Å²) in [5.41, 5.74) is 1.14. The molecule has 0 bridgehead atoms. The average Bonchev–Trinajstić information content (AvgIpc) is 2.80. The molecule has 2 aliphatic rings. The number of alkyl halides is 3. The summed E-state index contributed by atoms with van der Waals surface area (Å²) in [6, 6.07) is 14.1. The summed E-state index contributed by atoms with van der Waals surface area (Å²) in [4.78, 5) is 12.4. The molecule has 3 nitrogen and oxygen atoms in total. The number of rotatable bonds is 6. The minimum absolute atomic E-state index is 0.117. The molecule has 1 unspecified atom stereocenters. The smallest absolute Gasteiger partial charge is 0.374 e. The highest BCUT2D eigenvalue weighted by Gasteiger charge is 2.41. The third kappa shape index (κ3) is 5.67. The van der Waals surface area contributed by atoms with E-state index in [0.717, 1.165) is 50.3 Å². The lowest BCUT2D eigenvalue weighted by Crippen LogP contribution is -2.53. The molecule has 4 rings (SSSR count). The van der Waals surface area contributed by atoms with E-state index in [0.29, 0.717) is 35.9 Å². The largest absolute Gasteiger partial charge is 0.416 e. The van der Waals surface area contributed by atoms with Crippen LogP contribution in [0.25, 0.3) is 0 Å². The molecule has 3 atom stereocenters. The van der Waals surface area contributed by atoms with Gasteiger partial charge in [0.1, 0.15) is 5.78 Å². The van der Waals surface area contributed by atoms with Crippen molar-refractivity contribution in [2.75, 3.05) is 13.2 Å². The Morgan fingerprint density at radius 3 is 2.55 bits per heavy atom. The van der Waals surface area contributed by atoms with Gasteiger partial charge >= 0.3 is 6.18 Å². The summed E-state index contributed by atoms with van der Waals surface area (Å²) in [6.07, 6.45) is 1.20. The van der Waals surface area contributed by atoms with Crippen LogP contribution in [0.2, 0.25) is 0 Å². The highest BCUT2D eigenvalue weighted by atomic mass is 19.4. The van der Waals surface area contributed by atoms with Crippen molar-refractivity contribution >= 4 is 5.78 Å². The van der Waals surface area contributed by atoms with Crippen molar-refractivity contribution in [1.82, 2.24) is 5.32 Å². The molecular formula is C27H32F3NO2. The van der Waals surface area contributed by atoms with Crippen molar-refractivity contribution in [2.45, 2.75) is 63.8 Å². The molecule has 1 saturated carbocycles. The van der Waals surface area contributed by atoms with Crippen molar-refractivity contribution in [3.8, 4) is 0 Å². The van der Waals surface area contributed by atoms with Crippen LogP contribution in [0.4, 0.5) is 13.2 Å². The van der Waals surface area contributed by atoms with E-state index in [4.69, 9.17) is 4.74 Å². The van der Waals surface area contributed by atoms with Gasteiger partial charge in [-0.15, -0.1) is 0 Å². The molecule has 33 heavy (non-hydrogen) atoms. The van der Waals surface area contributed by atoms with Crippen LogP contribution in [0.1, 0.15) is 60.8 Å². The number of carbonyl (C=O) groups is 1. The van der Waals surface area contributed by atoms with Crippen LogP contribution >= 0.6 is 0 Å². The third-order valence-corrected chi connectivity index (χ3v) is 7.22. The topological polar surface area (TPSA) is 38.3 Å². The lowest BCUT2D eigenvalue weighted by molar-refractivity contribution is -0.137. The second kappa shape index (κ2) is 9.98. The molecule has 0 radical (unpaired) electrons. The van der Waals surface area contributed by atoms with E-state index in [1.54, 1.807) is 13.0 Å². The van der Waals surface area contributed by atoms with Gasteiger partial charge in [0.15, 0.2) is 0 Å². The number of hydrogen-bond acceptors (Lipinski definition) is 3. The van der Waals surface area contributed by atoms with Crippen molar-refractivity contribution < 1.29 is 22.7 Å². The molecule has 0 spiro atoms. The van der Waals surface area contributed by atoms with Crippen molar-refractivity contribution in [2.24, 2.45) is 11.8 Å². The number of hydrogen-bond donors (Lipinski definition) is 1. The molecule has 2 aromatic rings. The number of halogens is 3. The second-order valence-corrected chi connectivity index (χ2v) is 9.64. The molecule has 1 N–H and O–H groups in total. The Hall–Kier alpha value is -2.18. The molecule has 0 amide bonds. The van der Waals surface area contributed by atoms with Crippen LogP contribution in [0.5, 0.6) is 0 Å². The van der Waals surface area contributed by atoms with Crippen molar-refractivity contribution in [1.29, 1.82) is 0 Å². The van der Waals surface area contributed by atoms with Gasteiger partial charge in [-0.2, -0.15) is 13.2 Å².